The van der Waals surface area contributed by atoms with Gasteiger partial charge in [0.1, 0.15) is 34.6 Å². The molecule has 3 aliphatic heterocycles. The number of fused-ring (bicyclic) bond motifs is 5. The fourth-order valence-electron chi connectivity index (χ4n) is 7.64. The lowest BCUT2D eigenvalue weighted by Crippen LogP contribution is -2.57. The van der Waals surface area contributed by atoms with Gasteiger partial charge in [-0.05, 0) is 71.6 Å². The highest BCUT2D eigenvalue weighted by Crippen LogP contribution is 2.50. The van der Waals surface area contributed by atoms with Gasteiger partial charge in [-0.3, -0.25) is 14.4 Å². The van der Waals surface area contributed by atoms with E-state index in [4.69, 9.17) is 18.9 Å². The number of ether oxygens (including phenoxy) is 4. The average molecular weight is 759 g/mol. The third kappa shape index (κ3) is 7.69. The molecule has 16 heteroatoms. The van der Waals surface area contributed by atoms with Crippen LogP contribution < -0.4 is 20.1 Å². The van der Waals surface area contributed by atoms with Crippen molar-refractivity contribution in [1.29, 1.82) is 0 Å². The number of rotatable bonds is 4. The number of Topliss-reactive ketones (excluding diaryl/α,β-unsaturated/α-hetero) is 1. The standard InChI is InChI=1S/C38H45F3N4O9/c1-6-52-33(49)37-17-21(37)12-10-8-7-9-11-13-25(43-34(50)54-35(2,3)4)32(48)45-20-36(18-26(45)31(47)44-37)19-27(46)28-23-16-22(51-5)14-15-24(23)42-30(29(28)53-36)38(39,40)41/h10,12,14-16,21,25-26H,6-9,11,13,17-20H2,1-5H3,(H,43,50)(H,44,47)/t21-,25+,26+,36+,37-/m1/s1. The molecule has 1 aliphatic carbocycles. The van der Waals surface area contributed by atoms with Gasteiger partial charge < -0.3 is 34.5 Å². The van der Waals surface area contributed by atoms with Crippen LogP contribution in [0.15, 0.2) is 30.4 Å². The number of methoxy groups -OCH3 is 1. The number of esters is 1. The fourth-order valence-corrected chi connectivity index (χ4v) is 7.64. The topological polar surface area (TPSA) is 162 Å². The van der Waals surface area contributed by atoms with Crippen LogP contribution in [0.3, 0.4) is 0 Å². The molecule has 5 atom stereocenters. The molecule has 1 saturated carbocycles. The molecule has 2 N–H and O–H groups in total. The molecule has 3 amide bonds. The fraction of sp³-hybridized carbons (Fsp3) is 0.579. The molecule has 1 spiro atoms. The smallest absolute Gasteiger partial charge is 0.437 e. The molecule has 54 heavy (non-hydrogen) atoms. The number of carbonyl (C=O) groups is 5. The van der Waals surface area contributed by atoms with E-state index >= 15 is 0 Å². The third-order valence-electron chi connectivity index (χ3n) is 10.2. The van der Waals surface area contributed by atoms with Crippen molar-refractivity contribution in [3.8, 4) is 11.5 Å². The number of alkyl halides is 3. The first-order valence-corrected chi connectivity index (χ1v) is 18.2. The summed E-state index contributed by atoms with van der Waals surface area (Å²) in [4.78, 5) is 74.3. The second kappa shape index (κ2) is 14.4. The van der Waals surface area contributed by atoms with E-state index in [0.717, 1.165) is 11.3 Å². The van der Waals surface area contributed by atoms with Crippen LogP contribution in [0.2, 0.25) is 0 Å². The Morgan fingerprint density at radius 2 is 1.87 bits per heavy atom. The van der Waals surface area contributed by atoms with Crippen LogP contribution in [-0.2, 0) is 30.0 Å². The zero-order valence-electron chi connectivity index (χ0n) is 30.9. The van der Waals surface area contributed by atoms with Crippen molar-refractivity contribution < 1.29 is 56.1 Å². The summed E-state index contributed by atoms with van der Waals surface area (Å²) in [7, 11) is 1.37. The summed E-state index contributed by atoms with van der Waals surface area (Å²) in [5.74, 6) is -3.80. The number of carbonyl (C=O) groups excluding carboxylic acids is 5. The Hall–Kier alpha value is -4.89. The van der Waals surface area contributed by atoms with Crippen LogP contribution in [0.25, 0.3) is 10.9 Å². The molecule has 0 unspecified atom stereocenters. The Morgan fingerprint density at radius 1 is 1.11 bits per heavy atom. The van der Waals surface area contributed by atoms with Crippen molar-refractivity contribution in [1.82, 2.24) is 20.5 Å². The van der Waals surface area contributed by atoms with Crippen molar-refractivity contribution in [3.63, 3.8) is 0 Å². The lowest BCUT2D eigenvalue weighted by molar-refractivity contribution is -0.150. The lowest BCUT2D eigenvalue weighted by Gasteiger charge is -2.36. The first-order valence-electron chi connectivity index (χ1n) is 18.2. The van der Waals surface area contributed by atoms with Crippen molar-refractivity contribution in [2.24, 2.45) is 5.92 Å². The molecule has 1 aromatic carbocycles. The van der Waals surface area contributed by atoms with Gasteiger partial charge in [0.15, 0.2) is 17.2 Å². The van der Waals surface area contributed by atoms with Crippen LogP contribution in [0.1, 0.15) is 95.1 Å². The molecule has 1 saturated heterocycles. The highest BCUT2D eigenvalue weighted by atomic mass is 19.4. The van der Waals surface area contributed by atoms with Crippen molar-refractivity contribution in [3.05, 3.63) is 41.6 Å². The number of halogens is 3. The quantitative estimate of drug-likeness (QED) is 0.304. The SMILES string of the molecule is CCOC(=O)[C@@]12C[C@H]1C=CCCCCC[C@H](NC(=O)OC(C)(C)C)C(=O)N1C[C@@]3(CC(=O)c4c(c(C(F)(F)F)nc5ccc(OC)cc45)O3)C[C@H]1C(=O)N2. The summed E-state index contributed by atoms with van der Waals surface area (Å²) in [6.07, 6.45) is -0.00593. The Morgan fingerprint density at radius 3 is 2.56 bits per heavy atom. The number of allylic oxidation sites excluding steroid dienone is 1. The molecule has 2 fully saturated rings. The molecule has 6 rings (SSSR count). The highest BCUT2D eigenvalue weighted by Gasteiger charge is 2.63. The minimum absolute atomic E-state index is 0.0492. The van der Waals surface area contributed by atoms with E-state index in [1.807, 2.05) is 12.2 Å². The van der Waals surface area contributed by atoms with Gasteiger partial charge in [-0.2, -0.15) is 13.2 Å². The van der Waals surface area contributed by atoms with Crippen molar-refractivity contribution in [2.75, 3.05) is 20.3 Å². The molecular weight excluding hydrogens is 713 g/mol. The van der Waals surface area contributed by atoms with Gasteiger partial charge in [-0.25, -0.2) is 14.6 Å². The molecule has 4 heterocycles. The number of ketones is 1. The van der Waals surface area contributed by atoms with Gasteiger partial charge in [0.05, 0.1) is 37.8 Å². The number of nitrogens with zero attached hydrogens (tertiary/aromatic N) is 2. The number of aromatic nitrogens is 1. The second-order valence-corrected chi connectivity index (χ2v) is 15.4. The monoisotopic (exact) mass is 758 g/mol. The molecule has 0 radical (unpaired) electrons. The number of nitrogens with one attached hydrogen (secondary N) is 2. The molecular formula is C38H45F3N4O9. The molecule has 0 bridgehead atoms. The molecule has 1 aromatic heterocycles. The molecule has 4 aliphatic rings. The van der Waals surface area contributed by atoms with Crippen LogP contribution in [-0.4, -0.2) is 88.6 Å². The van der Waals surface area contributed by atoms with Gasteiger partial charge in [0.25, 0.3) is 0 Å². The highest BCUT2D eigenvalue weighted by molar-refractivity contribution is 6.11. The van der Waals surface area contributed by atoms with Gasteiger partial charge in [-0.15, -0.1) is 0 Å². The van der Waals surface area contributed by atoms with Gasteiger partial charge in [0, 0.05) is 17.7 Å². The number of pyridine rings is 1. The van der Waals surface area contributed by atoms with Crippen LogP contribution in [0, 0.1) is 5.92 Å². The van der Waals surface area contributed by atoms with E-state index in [2.05, 4.69) is 15.6 Å². The Bertz CT molecular complexity index is 1890. The predicted molar refractivity (Wildman–Crippen MR) is 187 cm³/mol. The second-order valence-electron chi connectivity index (χ2n) is 15.4. The maximum absolute atomic E-state index is 14.7. The van der Waals surface area contributed by atoms with E-state index in [1.165, 1.54) is 25.3 Å². The normalized spacial score (nSPS) is 27.4. The molecule has 292 valence electrons. The van der Waals surface area contributed by atoms with E-state index in [9.17, 15) is 37.1 Å². The first kappa shape index (κ1) is 38.8. The van der Waals surface area contributed by atoms with Gasteiger partial charge in [-0.1, -0.05) is 25.0 Å². The Balaban J connectivity index is 1.43. The number of benzene rings is 1. The maximum Gasteiger partial charge on any atom is 0.437 e. The van der Waals surface area contributed by atoms with Gasteiger partial charge >= 0.3 is 18.2 Å². The summed E-state index contributed by atoms with van der Waals surface area (Å²) < 4.78 is 66.2. The van der Waals surface area contributed by atoms with Crippen LogP contribution in [0.4, 0.5) is 18.0 Å². The Kier molecular flexibility index (Phi) is 10.4. The minimum atomic E-state index is -5.05. The van der Waals surface area contributed by atoms with E-state index in [-0.39, 0.29) is 41.7 Å². The number of hydrogen-bond donors (Lipinski definition) is 2. The number of amides is 3. The van der Waals surface area contributed by atoms with Crippen molar-refractivity contribution >= 4 is 40.6 Å². The van der Waals surface area contributed by atoms with E-state index in [1.54, 1.807) is 27.7 Å². The predicted octanol–water partition coefficient (Wildman–Crippen LogP) is 5.42. The van der Waals surface area contributed by atoms with Crippen LogP contribution in [0.5, 0.6) is 11.5 Å². The number of hydrogen-bond acceptors (Lipinski definition) is 10. The molecule has 2 aromatic rings. The van der Waals surface area contributed by atoms with E-state index in [0.29, 0.717) is 19.3 Å². The lowest BCUT2D eigenvalue weighted by atomic mass is 9.86. The summed E-state index contributed by atoms with van der Waals surface area (Å²) in [5, 5.41) is 5.52. The Labute approximate surface area is 310 Å². The summed E-state index contributed by atoms with van der Waals surface area (Å²) in [6, 6.07) is 1.52. The summed E-state index contributed by atoms with van der Waals surface area (Å²) in [6.45, 7) is 6.18. The third-order valence-corrected chi connectivity index (χ3v) is 10.2. The first-order chi connectivity index (χ1) is 25.4. The van der Waals surface area contributed by atoms with Gasteiger partial charge in [0.2, 0.25) is 11.8 Å². The minimum Gasteiger partial charge on any atom is -0.497 e. The zero-order valence-corrected chi connectivity index (χ0v) is 30.9. The van der Waals surface area contributed by atoms with Crippen molar-refractivity contribution in [2.45, 2.75) is 114 Å². The molecule has 13 nitrogen and oxygen atoms in total. The zero-order chi connectivity index (χ0) is 39.2. The largest absolute Gasteiger partial charge is 0.497 e. The maximum atomic E-state index is 14.7. The summed E-state index contributed by atoms with van der Waals surface area (Å²) >= 11 is 0. The van der Waals surface area contributed by atoms with Crippen LogP contribution >= 0.6 is 0 Å². The number of alkyl carbamates (subject to hydrolysis) is 1. The average Bonchev–Trinajstić information content (AvgIpc) is 3.66. The van der Waals surface area contributed by atoms with E-state index < -0.39 is 101 Å². The summed E-state index contributed by atoms with van der Waals surface area (Å²) in [5.41, 5.74) is -6.00.